The summed E-state index contributed by atoms with van der Waals surface area (Å²) in [5, 5.41) is 10.9. The van der Waals surface area contributed by atoms with Crippen LogP contribution in [0.1, 0.15) is 17.5 Å². The van der Waals surface area contributed by atoms with Gasteiger partial charge in [0.05, 0.1) is 4.92 Å². The highest BCUT2D eigenvalue weighted by Gasteiger charge is 2.52. The molecule has 0 fully saturated rings. The van der Waals surface area contributed by atoms with E-state index in [9.17, 15) is 32.1 Å². The largest absolute Gasteiger partial charge is 0.452 e. The number of nitrogens with zero attached hydrogens (tertiary/aromatic N) is 2. The van der Waals surface area contributed by atoms with Gasteiger partial charge in [0.25, 0.3) is 11.7 Å². The quantitative estimate of drug-likeness (QED) is 0.514. The summed E-state index contributed by atoms with van der Waals surface area (Å²) >= 11 is 0. The molecule has 132 valence electrons. The number of amidine groups is 1. The molecule has 24 heavy (non-hydrogen) atoms. The van der Waals surface area contributed by atoms with Crippen molar-refractivity contribution >= 4 is 11.7 Å². The Morgan fingerprint density at radius 2 is 2.12 bits per heavy atom. The SMILES string of the molecule is Cc1cc([N+](=O)[O-])cc([C@]2(CF)C[C@@H](C(F)(F)F)OC(N)=N2)c1F. The van der Waals surface area contributed by atoms with E-state index >= 15 is 0 Å². The molecule has 0 aromatic heterocycles. The lowest BCUT2D eigenvalue weighted by molar-refractivity contribution is -0.385. The summed E-state index contributed by atoms with van der Waals surface area (Å²) in [6.07, 6.45) is -8.50. The Bertz CT molecular complexity index is 707. The monoisotopic (exact) mass is 353 g/mol. The highest BCUT2D eigenvalue weighted by atomic mass is 19.4. The van der Waals surface area contributed by atoms with E-state index in [1.807, 2.05) is 0 Å². The molecule has 1 aliphatic heterocycles. The zero-order valence-electron chi connectivity index (χ0n) is 12.2. The molecule has 1 aromatic carbocycles. The number of ether oxygens (including phenoxy) is 1. The number of hydrogen-bond acceptors (Lipinski definition) is 5. The van der Waals surface area contributed by atoms with Gasteiger partial charge in [-0.05, 0) is 12.5 Å². The van der Waals surface area contributed by atoms with E-state index in [0.717, 1.165) is 6.07 Å². The van der Waals surface area contributed by atoms with Crippen molar-refractivity contribution in [2.24, 2.45) is 10.7 Å². The van der Waals surface area contributed by atoms with Gasteiger partial charge >= 0.3 is 6.18 Å². The van der Waals surface area contributed by atoms with Gasteiger partial charge in [-0.1, -0.05) is 0 Å². The lowest BCUT2D eigenvalue weighted by Crippen LogP contribution is -2.48. The molecular weight excluding hydrogens is 341 g/mol. The molecule has 0 radical (unpaired) electrons. The smallest absolute Gasteiger partial charge is 0.425 e. The first kappa shape index (κ1) is 17.9. The van der Waals surface area contributed by atoms with Crippen LogP contribution in [0.3, 0.4) is 0 Å². The number of nitrogens with two attached hydrogens (primary N) is 1. The first-order valence-electron chi connectivity index (χ1n) is 6.60. The van der Waals surface area contributed by atoms with Crippen LogP contribution < -0.4 is 5.73 Å². The van der Waals surface area contributed by atoms with Gasteiger partial charge in [0.15, 0.2) is 6.10 Å². The highest BCUT2D eigenvalue weighted by Crippen LogP contribution is 2.42. The molecule has 0 bridgehead atoms. The van der Waals surface area contributed by atoms with Crippen molar-refractivity contribution in [2.75, 3.05) is 6.67 Å². The van der Waals surface area contributed by atoms with Crippen LogP contribution in [-0.2, 0) is 10.3 Å². The standard InChI is InChI=1S/C13H12F5N3O3/c1-6-2-7(21(22)23)3-8(10(6)15)12(5-14)4-9(13(16,17)18)24-11(19)20-12/h2-3,9H,4-5H2,1H3,(H2,19,20)/t9-,12+/m0/s1. The molecule has 0 unspecified atom stereocenters. The summed E-state index contributed by atoms with van der Waals surface area (Å²) in [6.45, 7) is -0.368. The second-order valence-corrected chi connectivity index (χ2v) is 5.35. The van der Waals surface area contributed by atoms with Gasteiger partial charge in [0, 0.05) is 24.1 Å². The summed E-state index contributed by atoms with van der Waals surface area (Å²) in [6, 6.07) is 0.584. The van der Waals surface area contributed by atoms with Crippen molar-refractivity contribution in [3.05, 3.63) is 39.2 Å². The van der Waals surface area contributed by atoms with E-state index in [-0.39, 0.29) is 5.56 Å². The fourth-order valence-electron chi connectivity index (χ4n) is 2.48. The van der Waals surface area contributed by atoms with E-state index in [2.05, 4.69) is 9.73 Å². The average Bonchev–Trinajstić information content (AvgIpc) is 2.47. The lowest BCUT2D eigenvalue weighted by Gasteiger charge is -2.36. The number of aryl methyl sites for hydroxylation is 1. The maximum atomic E-state index is 14.4. The fraction of sp³-hybridized carbons (Fsp3) is 0.462. The molecule has 0 saturated heterocycles. The van der Waals surface area contributed by atoms with Gasteiger partial charge < -0.3 is 10.5 Å². The fourth-order valence-corrected chi connectivity index (χ4v) is 2.48. The molecule has 0 aliphatic carbocycles. The van der Waals surface area contributed by atoms with Gasteiger partial charge in [0.1, 0.15) is 18.0 Å². The van der Waals surface area contributed by atoms with Crippen LogP contribution in [0, 0.1) is 22.9 Å². The second-order valence-electron chi connectivity index (χ2n) is 5.35. The second kappa shape index (κ2) is 5.87. The molecule has 2 rings (SSSR count). The number of nitro benzene ring substituents is 1. The number of halogens is 5. The Balaban J connectivity index is 2.66. The van der Waals surface area contributed by atoms with Crippen LogP contribution in [0.4, 0.5) is 27.6 Å². The number of benzene rings is 1. The summed E-state index contributed by atoms with van der Waals surface area (Å²) in [4.78, 5) is 13.5. The Kier molecular flexibility index (Phi) is 4.38. The molecule has 2 N–H and O–H groups in total. The summed E-state index contributed by atoms with van der Waals surface area (Å²) < 4.78 is 71.2. The van der Waals surface area contributed by atoms with Crippen LogP contribution in [0.15, 0.2) is 17.1 Å². The Morgan fingerprint density at radius 1 is 1.50 bits per heavy atom. The minimum atomic E-state index is -4.90. The van der Waals surface area contributed by atoms with Crippen molar-refractivity contribution in [1.29, 1.82) is 0 Å². The molecule has 6 nitrogen and oxygen atoms in total. The number of rotatable bonds is 3. The number of hydrogen-bond donors (Lipinski definition) is 1. The molecule has 0 saturated carbocycles. The molecule has 1 aromatic rings. The summed E-state index contributed by atoms with van der Waals surface area (Å²) in [5.41, 5.74) is 1.35. The van der Waals surface area contributed by atoms with Gasteiger partial charge in [-0.2, -0.15) is 13.2 Å². The third kappa shape index (κ3) is 3.10. The molecule has 1 aliphatic rings. The highest BCUT2D eigenvalue weighted by molar-refractivity contribution is 5.73. The molecular formula is C13H12F5N3O3. The first-order chi connectivity index (χ1) is 11.0. The van der Waals surface area contributed by atoms with Gasteiger partial charge in [0.2, 0.25) is 0 Å². The van der Waals surface area contributed by atoms with Crippen LogP contribution in [0.2, 0.25) is 0 Å². The Morgan fingerprint density at radius 3 is 2.62 bits per heavy atom. The zero-order valence-corrected chi connectivity index (χ0v) is 12.2. The summed E-state index contributed by atoms with van der Waals surface area (Å²) in [7, 11) is 0. The molecule has 2 atom stereocenters. The molecule has 1 heterocycles. The molecule has 0 amide bonds. The molecule has 11 heteroatoms. The number of non-ortho nitro benzene ring substituents is 1. The van der Waals surface area contributed by atoms with Crippen molar-refractivity contribution in [2.45, 2.75) is 31.2 Å². The number of nitro groups is 1. The van der Waals surface area contributed by atoms with Crippen LogP contribution in [0.5, 0.6) is 0 Å². The third-order valence-corrected chi connectivity index (χ3v) is 3.65. The maximum Gasteiger partial charge on any atom is 0.425 e. The predicted octanol–water partition coefficient (Wildman–Crippen LogP) is 2.87. The van der Waals surface area contributed by atoms with E-state index in [1.165, 1.54) is 6.92 Å². The van der Waals surface area contributed by atoms with Crippen molar-refractivity contribution in [1.82, 2.24) is 0 Å². The topological polar surface area (TPSA) is 90.8 Å². The van der Waals surface area contributed by atoms with E-state index < -0.39 is 58.9 Å². The molecule has 0 spiro atoms. The van der Waals surface area contributed by atoms with E-state index in [0.29, 0.717) is 6.07 Å². The van der Waals surface area contributed by atoms with Gasteiger partial charge in [-0.25, -0.2) is 13.8 Å². The van der Waals surface area contributed by atoms with E-state index in [4.69, 9.17) is 5.73 Å². The average molecular weight is 353 g/mol. The van der Waals surface area contributed by atoms with E-state index in [1.54, 1.807) is 0 Å². The predicted molar refractivity (Wildman–Crippen MR) is 72.6 cm³/mol. The van der Waals surface area contributed by atoms with Crippen LogP contribution in [-0.4, -0.2) is 29.9 Å². The minimum absolute atomic E-state index is 0.226. The Labute approximate surface area is 132 Å². The van der Waals surface area contributed by atoms with Crippen molar-refractivity contribution < 1.29 is 31.6 Å². The maximum absolute atomic E-state index is 14.4. The Hall–Kier alpha value is -2.46. The normalized spacial score (nSPS) is 24.2. The third-order valence-electron chi connectivity index (χ3n) is 3.65. The summed E-state index contributed by atoms with van der Waals surface area (Å²) in [5.74, 6) is -1.09. The first-order valence-corrected chi connectivity index (χ1v) is 6.60. The van der Waals surface area contributed by atoms with Gasteiger partial charge in [-0.3, -0.25) is 10.1 Å². The number of alkyl halides is 4. The van der Waals surface area contributed by atoms with Crippen LogP contribution in [0.25, 0.3) is 0 Å². The zero-order chi connectivity index (χ0) is 18.3. The minimum Gasteiger partial charge on any atom is -0.452 e. The van der Waals surface area contributed by atoms with Crippen molar-refractivity contribution in [3.8, 4) is 0 Å². The van der Waals surface area contributed by atoms with Crippen molar-refractivity contribution in [3.63, 3.8) is 0 Å². The van der Waals surface area contributed by atoms with Gasteiger partial charge in [-0.15, -0.1) is 0 Å². The lowest BCUT2D eigenvalue weighted by atomic mass is 9.83. The number of aliphatic imine (C=N–C) groups is 1. The van der Waals surface area contributed by atoms with Crippen LogP contribution >= 0.6 is 0 Å².